The topological polar surface area (TPSA) is 49.7 Å². The van der Waals surface area contributed by atoms with Crippen LogP contribution in [0.25, 0.3) is 6.08 Å². The predicted molar refractivity (Wildman–Crippen MR) is 55.4 cm³/mol. The molecule has 0 aliphatic carbocycles. The van der Waals surface area contributed by atoms with Crippen LogP contribution >= 0.6 is 0 Å². The molecule has 0 heterocycles. The largest absolute Gasteiger partial charge is 0.504 e. The fourth-order valence-corrected chi connectivity index (χ4v) is 1.09. The van der Waals surface area contributed by atoms with Crippen molar-refractivity contribution in [2.75, 3.05) is 13.2 Å². The summed E-state index contributed by atoms with van der Waals surface area (Å²) in [6.07, 6.45) is 3.39. The number of phenolic OH excluding ortho intramolecular Hbond substituents is 1. The molecular formula is C11H14O3. The maximum atomic E-state index is 9.39. The number of aromatic hydroxyl groups is 1. The Hall–Kier alpha value is -1.48. The maximum Gasteiger partial charge on any atom is 0.161 e. The highest BCUT2D eigenvalue weighted by molar-refractivity contribution is 5.55. The summed E-state index contributed by atoms with van der Waals surface area (Å²) in [6.45, 7) is 2.38. The number of benzene rings is 1. The second kappa shape index (κ2) is 5.29. The zero-order valence-electron chi connectivity index (χ0n) is 8.10. The van der Waals surface area contributed by atoms with Crippen molar-refractivity contribution in [2.24, 2.45) is 0 Å². The summed E-state index contributed by atoms with van der Waals surface area (Å²) < 4.78 is 5.21. The van der Waals surface area contributed by atoms with Crippen LogP contribution in [-0.4, -0.2) is 23.4 Å². The molecule has 0 saturated heterocycles. The highest BCUT2D eigenvalue weighted by Crippen LogP contribution is 2.27. The van der Waals surface area contributed by atoms with Crippen LogP contribution in [-0.2, 0) is 0 Å². The Morgan fingerprint density at radius 2 is 2.21 bits per heavy atom. The molecule has 14 heavy (non-hydrogen) atoms. The van der Waals surface area contributed by atoms with Crippen molar-refractivity contribution < 1.29 is 14.9 Å². The number of hydrogen-bond acceptors (Lipinski definition) is 3. The Balaban J connectivity index is 2.88. The number of aliphatic hydroxyl groups is 1. The molecule has 1 rings (SSSR count). The van der Waals surface area contributed by atoms with Gasteiger partial charge >= 0.3 is 0 Å². The SMILES string of the molecule is CCOc1cc(C=CCO)ccc1O. The van der Waals surface area contributed by atoms with Gasteiger partial charge in [0.05, 0.1) is 13.2 Å². The minimum Gasteiger partial charge on any atom is -0.504 e. The Kier molecular flexibility index (Phi) is 4.01. The van der Waals surface area contributed by atoms with E-state index in [9.17, 15) is 5.11 Å². The molecule has 76 valence electrons. The van der Waals surface area contributed by atoms with Crippen LogP contribution in [0.4, 0.5) is 0 Å². The smallest absolute Gasteiger partial charge is 0.161 e. The average molecular weight is 194 g/mol. The second-order valence-electron chi connectivity index (χ2n) is 2.75. The van der Waals surface area contributed by atoms with Gasteiger partial charge in [-0.1, -0.05) is 18.2 Å². The van der Waals surface area contributed by atoms with Gasteiger partial charge in [0.15, 0.2) is 11.5 Å². The molecule has 3 nitrogen and oxygen atoms in total. The normalized spacial score (nSPS) is 10.7. The number of phenols is 1. The Morgan fingerprint density at radius 3 is 2.86 bits per heavy atom. The van der Waals surface area contributed by atoms with Crippen molar-refractivity contribution in [1.29, 1.82) is 0 Å². The number of rotatable bonds is 4. The van der Waals surface area contributed by atoms with Crippen molar-refractivity contribution in [3.8, 4) is 11.5 Å². The zero-order valence-corrected chi connectivity index (χ0v) is 8.10. The highest BCUT2D eigenvalue weighted by Gasteiger charge is 2.00. The molecule has 0 aliphatic heterocycles. The minimum atomic E-state index is 0.00481. The van der Waals surface area contributed by atoms with Gasteiger partial charge in [-0.2, -0.15) is 0 Å². The molecule has 2 N–H and O–H groups in total. The number of ether oxygens (including phenoxy) is 1. The lowest BCUT2D eigenvalue weighted by Gasteiger charge is -2.05. The first-order chi connectivity index (χ1) is 6.77. The van der Waals surface area contributed by atoms with Gasteiger partial charge in [-0.25, -0.2) is 0 Å². The molecule has 0 saturated carbocycles. The molecule has 0 atom stereocenters. The Bertz CT molecular complexity index is 318. The van der Waals surface area contributed by atoms with Gasteiger partial charge in [0.2, 0.25) is 0 Å². The molecule has 0 bridgehead atoms. The summed E-state index contributed by atoms with van der Waals surface area (Å²) in [4.78, 5) is 0. The van der Waals surface area contributed by atoms with E-state index in [1.165, 1.54) is 0 Å². The molecule has 1 aromatic rings. The van der Waals surface area contributed by atoms with E-state index in [4.69, 9.17) is 9.84 Å². The van der Waals surface area contributed by atoms with Crippen molar-refractivity contribution in [1.82, 2.24) is 0 Å². The summed E-state index contributed by atoms with van der Waals surface area (Å²) in [6, 6.07) is 5.05. The van der Waals surface area contributed by atoms with Crippen LogP contribution in [0.5, 0.6) is 11.5 Å². The van der Waals surface area contributed by atoms with E-state index in [0.29, 0.717) is 12.4 Å². The van der Waals surface area contributed by atoms with Crippen LogP contribution in [0.2, 0.25) is 0 Å². The van der Waals surface area contributed by atoms with E-state index >= 15 is 0 Å². The lowest BCUT2D eigenvalue weighted by atomic mass is 10.2. The Labute approximate surface area is 83.3 Å². The van der Waals surface area contributed by atoms with Gasteiger partial charge in [-0.15, -0.1) is 0 Å². The molecule has 0 aliphatic rings. The van der Waals surface area contributed by atoms with Gasteiger partial charge < -0.3 is 14.9 Å². The third-order valence-corrected chi connectivity index (χ3v) is 1.70. The lowest BCUT2D eigenvalue weighted by Crippen LogP contribution is -1.91. The van der Waals surface area contributed by atoms with Crippen molar-refractivity contribution in [3.05, 3.63) is 29.8 Å². The van der Waals surface area contributed by atoms with Crippen LogP contribution in [0.15, 0.2) is 24.3 Å². The van der Waals surface area contributed by atoms with Crippen molar-refractivity contribution in [2.45, 2.75) is 6.92 Å². The van der Waals surface area contributed by atoms with Gasteiger partial charge in [-0.3, -0.25) is 0 Å². The van der Waals surface area contributed by atoms with Crippen molar-refractivity contribution >= 4 is 6.08 Å². The Morgan fingerprint density at radius 1 is 1.43 bits per heavy atom. The van der Waals surface area contributed by atoms with Gasteiger partial charge in [0.1, 0.15) is 0 Å². The van der Waals surface area contributed by atoms with Crippen LogP contribution in [0.3, 0.4) is 0 Å². The van der Waals surface area contributed by atoms with E-state index in [1.807, 2.05) is 6.92 Å². The summed E-state index contributed by atoms with van der Waals surface area (Å²) in [5.74, 6) is 0.598. The molecule has 0 unspecified atom stereocenters. The first kappa shape index (κ1) is 10.6. The first-order valence-electron chi connectivity index (χ1n) is 4.51. The zero-order chi connectivity index (χ0) is 10.4. The summed E-state index contributed by atoms with van der Waals surface area (Å²) in [7, 11) is 0. The molecule has 3 heteroatoms. The number of aliphatic hydroxyl groups excluding tert-OH is 1. The summed E-state index contributed by atoms with van der Waals surface area (Å²) in [5.41, 5.74) is 0.889. The maximum absolute atomic E-state index is 9.39. The van der Waals surface area contributed by atoms with Crippen LogP contribution in [0, 0.1) is 0 Å². The molecule has 1 aromatic carbocycles. The summed E-state index contributed by atoms with van der Waals surface area (Å²) >= 11 is 0. The quantitative estimate of drug-likeness (QED) is 0.768. The van der Waals surface area contributed by atoms with E-state index in [2.05, 4.69) is 0 Å². The van der Waals surface area contributed by atoms with Gasteiger partial charge in [-0.05, 0) is 24.6 Å². The van der Waals surface area contributed by atoms with Gasteiger partial charge in [0.25, 0.3) is 0 Å². The molecule has 0 fully saturated rings. The minimum absolute atomic E-state index is 0.00481. The average Bonchev–Trinajstić information content (AvgIpc) is 2.19. The van der Waals surface area contributed by atoms with Crippen molar-refractivity contribution in [3.63, 3.8) is 0 Å². The standard InChI is InChI=1S/C11H14O3/c1-2-14-11-8-9(4-3-7-12)5-6-10(11)13/h3-6,8,12-13H,2,7H2,1H3. The van der Waals surface area contributed by atoms with Crippen LogP contribution in [0.1, 0.15) is 12.5 Å². The van der Waals surface area contributed by atoms with E-state index in [0.717, 1.165) is 5.56 Å². The fraction of sp³-hybridized carbons (Fsp3) is 0.273. The predicted octanol–water partition coefficient (Wildman–Crippen LogP) is 1.80. The molecule has 0 aromatic heterocycles. The third-order valence-electron chi connectivity index (χ3n) is 1.70. The van der Waals surface area contributed by atoms with E-state index < -0.39 is 0 Å². The van der Waals surface area contributed by atoms with E-state index in [1.54, 1.807) is 30.4 Å². The van der Waals surface area contributed by atoms with Crippen LogP contribution < -0.4 is 4.74 Å². The number of hydrogen-bond donors (Lipinski definition) is 2. The monoisotopic (exact) mass is 194 g/mol. The summed E-state index contributed by atoms with van der Waals surface area (Å²) in [5, 5.41) is 18.0. The first-order valence-corrected chi connectivity index (χ1v) is 4.51. The highest BCUT2D eigenvalue weighted by atomic mass is 16.5. The lowest BCUT2D eigenvalue weighted by molar-refractivity contribution is 0.318. The molecule has 0 radical (unpaired) electrons. The molecule has 0 spiro atoms. The van der Waals surface area contributed by atoms with E-state index in [-0.39, 0.29) is 12.4 Å². The third kappa shape index (κ3) is 2.78. The molecule has 0 amide bonds. The fourth-order valence-electron chi connectivity index (χ4n) is 1.09. The second-order valence-corrected chi connectivity index (χ2v) is 2.75. The van der Waals surface area contributed by atoms with Gasteiger partial charge in [0, 0.05) is 0 Å². The molecular weight excluding hydrogens is 180 g/mol.